The first kappa shape index (κ1) is 14.7. The maximum absolute atomic E-state index is 12.0. The highest BCUT2D eigenvalue weighted by Crippen LogP contribution is 2.38. The number of phenolic OH excluding ortho intramolecular Hbond substituents is 1. The molecule has 0 unspecified atom stereocenters. The second-order valence-corrected chi connectivity index (χ2v) is 5.41. The van der Waals surface area contributed by atoms with Crippen molar-refractivity contribution in [1.82, 2.24) is 19.6 Å². The van der Waals surface area contributed by atoms with Crippen LogP contribution in [0.5, 0.6) is 17.4 Å². The molecule has 3 aromatic rings. The molecule has 1 N–H and O–H groups in total. The van der Waals surface area contributed by atoms with E-state index in [4.69, 9.17) is 27.9 Å². The quantitative estimate of drug-likeness (QED) is 0.774. The van der Waals surface area contributed by atoms with Gasteiger partial charge in [0.25, 0.3) is 5.56 Å². The number of phenols is 1. The molecular formula is C13H10Cl2N4O3. The van der Waals surface area contributed by atoms with Gasteiger partial charge in [-0.15, -0.1) is 0 Å². The molecule has 114 valence electrons. The van der Waals surface area contributed by atoms with Gasteiger partial charge < -0.3 is 9.84 Å². The van der Waals surface area contributed by atoms with Crippen LogP contribution in [0.3, 0.4) is 0 Å². The Balaban J connectivity index is 2.16. The minimum atomic E-state index is -0.340. The summed E-state index contributed by atoms with van der Waals surface area (Å²) in [6, 6.07) is 2.65. The van der Waals surface area contributed by atoms with Crippen molar-refractivity contribution in [2.24, 2.45) is 14.1 Å². The lowest BCUT2D eigenvalue weighted by Crippen LogP contribution is -2.19. The van der Waals surface area contributed by atoms with Crippen molar-refractivity contribution < 1.29 is 9.84 Å². The van der Waals surface area contributed by atoms with E-state index in [1.54, 1.807) is 7.05 Å². The third-order valence-electron chi connectivity index (χ3n) is 3.09. The minimum absolute atomic E-state index is 0.114. The largest absolute Gasteiger partial charge is 0.506 e. The van der Waals surface area contributed by atoms with E-state index in [0.29, 0.717) is 5.39 Å². The Morgan fingerprint density at radius 3 is 2.64 bits per heavy atom. The van der Waals surface area contributed by atoms with Gasteiger partial charge in [-0.1, -0.05) is 23.2 Å². The highest BCUT2D eigenvalue weighted by molar-refractivity contribution is 6.36. The number of nitrogens with zero attached hydrogens (tertiary/aromatic N) is 4. The van der Waals surface area contributed by atoms with Gasteiger partial charge in [-0.25, -0.2) is 9.36 Å². The van der Waals surface area contributed by atoms with Crippen LogP contribution in [0.25, 0.3) is 10.9 Å². The van der Waals surface area contributed by atoms with Crippen molar-refractivity contribution >= 4 is 34.1 Å². The van der Waals surface area contributed by atoms with E-state index < -0.39 is 0 Å². The van der Waals surface area contributed by atoms with Crippen LogP contribution in [-0.4, -0.2) is 24.7 Å². The highest BCUT2D eigenvalue weighted by Gasteiger charge is 2.17. The van der Waals surface area contributed by atoms with Crippen molar-refractivity contribution in [2.75, 3.05) is 0 Å². The molecule has 0 spiro atoms. The summed E-state index contributed by atoms with van der Waals surface area (Å²) in [7, 11) is 3.16. The molecule has 0 aliphatic rings. The zero-order chi connectivity index (χ0) is 16.0. The van der Waals surface area contributed by atoms with Crippen molar-refractivity contribution in [3.8, 4) is 17.4 Å². The van der Waals surface area contributed by atoms with E-state index in [1.807, 2.05) is 0 Å². The predicted octanol–water partition coefficient (Wildman–Crippen LogP) is 2.47. The molecule has 0 fully saturated rings. The van der Waals surface area contributed by atoms with Crippen LogP contribution < -0.4 is 10.3 Å². The third-order valence-corrected chi connectivity index (χ3v) is 3.69. The van der Waals surface area contributed by atoms with Gasteiger partial charge in [0, 0.05) is 20.2 Å². The van der Waals surface area contributed by atoms with Crippen LogP contribution in [0.4, 0.5) is 0 Å². The summed E-state index contributed by atoms with van der Waals surface area (Å²) < 4.78 is 8.26. The summed E-state index contributed by atoms with van der Waals surface area (Å²) in [5.74, 6) is 0.305. The van der Waals surface area contributed by atoms with E-state index in [0.717, 1.165) is 0 Å². The van der Waals surface area contributed by atoms with Crippen molar-refractivity contribution in [1.29, 1.82) is 0 Å². The van der Waals surface area contributed by atoms with Crippen molar-refractivity contribution in [3.05, 3.63) is 38.7 Å². The SMILES string of the molecule is Cn1nc2c(=O)n(C)ncc2c1Oc1cc(O)c(Cl)cc1Cl. The fourth-order valence-corrected chi connectivity index (χ4v) is 2.39. The van der Waals surface area contributed by atoms with Crippen molar-refractivity contribution in [2.45, 2.75) is 0 Å². The highest BCUT2D eigenvalue weighted by atomic mass is 35.5. The smallest absolute Gasteiger partial charge is 0.295 e. The van der Waals surface area contributed by atoms with Gasteiger partial charge in [0.2, 0.25) is 5.88 Å². The molecule has 0 aliphatic carbocycles. The second-order valence-electron chi connectivity index (χ2n) is 4.60. The van der Waals surface area contributed by atoms with Gasteiger partial charge in [0.1, 0.15) is 5.75 Å². The molecule has 0 radical (unpaired) electrons. The molecule has 1 aromatic carbocycles. The zero-order valence-corrected chi connectivity index (χ0v) is 13.1. The number of ether oxygens (including phenoxy) is 1. The van der Waals surface area contributed by atoms with E-state index in [1.165, 1.54) is 34.7 Å². The molecule has 7 nitrogen and oxygen atoms in total. The summed E-state index contributed by atoms with van der Waals surface area (Å²) >= 11 is 11.8. The van der Waals surface area contributed by atoms with Gasteiger partial charge in [-0.05, 0) is 6.07 Å². The maximum Gasteiger partial charge on any atom is 0.295 e. The van der Waals surface area contributed by atoms with Gasteiger partial charge >= 0.3 is 0 Å². The summed E-state index contributed by atoms with van der Waals surface area (Å²) in [5, 5.41) is 18.5. The summed E-state index contributed by atoms with van der Waals surface area (Å²) in [4.78, 5) is 12.0. The average Bonchev–Trinajstić information content (AvgIpc) is 2.78. The molecule has 0 saturated carbocycles. The molecule has 0 saturated heterocycles. The molecule has 0 bridgehead atoms. The lowest BCUT2D eigenvalue weighted by molar-refractivity contribution is 0.426. The number of rotatable bonds is 2. The first-order chi connectivity index (χ1) is 10.4. The van der Waals surface area contributed by atoms with Gasteiger partial charge in [-0.2, -0.15) is 10.2 Å². The third kappa shape index (κ3) is 2.28. The zero-order valence-electron chi connectivity index (χ0n) is 11.5. The number of aryl methyl sites for hydroxylation is 2. The lowest BCUT2D eigenvalue weighted by Gasteiger charge is -2.09. The van der Waals surface area contributed by atoms with Crippen molar-refractivity contribution in [3.63, 3.8) is 0 Å². The Bertz CT molecular complexity index is 949. The summed E-state index contributed by atoms with van der Waals surface area (Å²) in [5.41, 5.74) is -0.114. The van der Waals surface area contributed by atoms with Gasteiger partial charge in [0.05, 0.1) is 21.6 Å². The fraction of sp³-hybridized carbons (Fsp3) is 0.154. The van der Waals surface area contributed by atoms with E-state index in [2.05, 4.69) is 10.2 Å². The molecule has 3 rings (SSSR count). The summed E-state index contributed by atoms with van der Waals surface area (Å²) in [6.45, 7) is 0. The molecule has 0 aliphatic heterocycles. The van der Waals surface area contributed by atoms with Gasteiger partial charge in [-0.3, -0.25) is 4.79 Å². The van der Waals surface area contributed by atoms with Crippen LogP contribution in [-0.2, 0) is 14.1 Å². The molecule has 22 heavy (non-hydrogen) atoms. The minimum Gasteiger partial charge on any atom is -0.506 e. The number of aromatic hydroxyl groups is 1. The van der Waals surface area contributed by atoms with Crippen LogP contribution in [0, 0.1) is 0 Å². The first-order valence-electron chi connectivity index (χ1n) is 6.13. The Kier molecular flexibility index (Phi) is 3.46. The number of aromatic nitrogens is 4. The maximum atomic E-state index is 12.0. The Labute approximate surface area is 134 Å². The van der Waals surface area contributed by atoms with Crippen LogP contribution in [0.15, 0.2) is 23.1 Å². The topological polar surface area (TPSA) is 82.2 Å². The average molecular weight is 341 g/mol. The van der Waals surface area contributed by atoms with E-state index >= 15 is 0 Å². The van der Waals surface area contributed by atoms with Crippen LogP contribution in [0.1, 0.15) is 0 Å². The fourth-order valence-electron chi connectivity index (χ4n) is 1.97. The lowest BCUT2D eigenvalue weighted by atomic mass is 10.3. The number of halogens is 2. The molecule has 2 aromatic heterocycles. The Morgan fingerprint density at radius 1 is 1.18 bits per heavy atom. The monoisotopic (exact) mass is 340 g/mol. The van der Waals surface area contributed by atoms with E-state index in [9.17, 15) is 9.90 Å². The number of benzene rings is 1. The first-order valence-corrected chi connectivity index (χ1v) is 6.89. The Hall–Kier alpha value is -2.25. The molecule has 2 heterocycles. The molecule has 0 atom stereocenters. The normalized spacial score (nSPS) is 11.1. The molecule has 9 heteroatoms. The number of fused-ring (bicyclic) bond motifs is 1. The number of hydrogen-bond acceptors (Lipinski definition) is 5. The number of hydrogen-bond donors (Lipinski definition) is 1. The standard InChI is InChI=1S/C13H10Cl2N4O3/c1-18-12(21)11-6(5-16-18)13(19(2)17-11)22-10-4-9(20)7(14)3-8(10)15/h3-5,20H,1-2H3. The van der Waals surface area contributed by atoms with Crippen LogP contribution in [0.2, 0.25) is 10.0 Å². The predicted molar refractivity (Wildman–Crippen MR) is 82.0 cm³/mol. The Morgan fingerprint density at radius 2 is 1.91 bits per heavy atom. The molecular weight excluding hydrogens is 331 g/mol. The summed E-state index contributed by atoms with van der Waals surface area (Å²) in [6.07, 6.45) is 1.47. The van der Waals surface area contributed by atoms with Crippen LogP contribution >= 0.6 is 23.2 Å². The molecule has 0 amide bonds. The second kappa shape index (κ2) is 5.19. The van der Waals surface area contributed by atoms with Gasteiger partial charge in [0.15, 0.2) is 11.3 Å². The van der Waals surface area contributed by atoms with E-state index in [-0.39, 0.29) is 38.5 Å².